The van der Waals surface area contributed by atoms with Gasteiger partial charge in [-0.25, -0.2) is 10.3 Å². The summed E-state index contributed by atoms with van der Waals surface area (Å²) in [4.78, 5) is 21.4. The predicted octanol–water partition coefficient (Wildman–Crippen LogP) is 1.62. The van der Waals surface area contributed by atoms with Crippen LogP contribution in [0.1, 0.15) is 34.6 Å². The fourth-order valence-corrected chi connectivity index (χ4v) is 0.899. The van der Waals surface area contributed by atoms with Crippen LogP contribution < -0.4 is 11.0 Å². The molecule has 0 radical (unpaired) electrons. The van der Waals surface area contributed by atoms with Crippen molar-refractivity contribution < 1.29 is 19.2 Å². The van der Waals surface area contributed by atoms with E-state index in [9.17, 15) is 4.79 Å². The van der Waals surface area contributed by atoms with E-state index in [1.54, 1.807) is 27.8 Å². The molecule has 0 aromatic heterocycles. The summed E-state index contributed by atoms with van der Waals surface area (Å²) in [6, 6.07) is 0. The Morgan fingerprint density at radius 3 is 2.06 bits per heavy atom. The van der Waals surface area contributed by atoms with Crippen molar-refractivity contribution in [2.45, 2.75) is 40.2 Å². The van der Waals surface area contributed by atoms with E-state index in [2.05, 4.69) is 11.0 Å². The van der Waals surface area contributed by atoms with Gasteiger partial charge in [0.05, 0.1) is 13.2 Å². The lowest BCUT2D eigenvalue weighted by atomic mass is 9.97. The number of rotatable bonds is 6. The average molecular weight is 248 g/mol. The zero-order valence-corrected chi connectivity index (χ0v) is 11.5. The highest BCUT2D eigenvalue weighted by molar-refractivity contribution is 5.66. The van der Waals surface area contributed by atoms with Crippen molar-refractivity contribution in [3.05, 3.63) is 0 Å². The van der Waals surface area contributed by atoms with Gasteiger partial charge >= 0.3 is 6.09 Å². The summed E-state index contributed by atoms with van der Waals surface area (Å²) in [6.45, 7) is 10.1. The summed E-state index contributed by atoms with van der Waals surface area (Å²) in [5.74, 6) is 0. The normalized spacial score (nSPS) is 12.4. The van der Waals surface area contributed by atoms with Crippen LogP contribution >= 0.6 is 0 Å². The Kier molecular flexibility index (Phi) is 6.44. The van der Waals surface area contributed by atoms with Gasteiger partial charge in [0.25, 0.3) is 0 Å². The van der Waals surface area contributed by atoms with Crippen LogP contribution in [-0.2, 0) is 14.4 Å². The van der Waals surface area contributed by atoms with E-state index in [1.165, 1.54) is 0 Å². The van der Waals surface area contributed by atoms with Crippen molar-refractivity contribution in [1.29, 1.82) is 0 Å². The third-order valence-electron chi connectivity index (χ3n) is 1.62. The molecule has 0 atom stereocenters. The van der Waals surface area contributed by atoms with Crippen LogP contribution in [0.5, 0.6) is 0 Å². The van der Waals surface area contributed by atoms with Gasteiger partial charge in [-0.2, -0.15) is 5.48 Å². The molecule has 0 aromatic rings. The highest BCUT2D eigenvalue weighted by Gasteiger charge is 2.21. The van der Waals surface area contributed by atoms with E-state index >= 15 is 0 Å². The van der Waals surface area contributed by atoms with Crippen molar-refractivity contribution in [1.82, 2.24) is 11.0 Å². The third kappa shape index (κ3) is 10.0. The first-order chi connectivity index (χ1) is 7.66. The summed E-state index contributed by atoms with van der Waals surface area (Å²) in [6.07, 6.45) is -0.595. The van der Waals surface area contributed by atoms with Crippen molar-refractivity contribution in [2.24, 2.45) is 5.41 Å². The van der Waals surface area contributed by atoms with Gasteiger partial charge in [0, 0.05) is 12.5 Å². The molecule has 102 valence electrons. The molecule has 0 aliphatic rings. The maximum atomic E-state index is 11.3. The van der Waals surface area contributed by atoms with Crippen molar-refractivity contribution in [2.75, 3.05) is 20.3 Å². The van der Waals surface area contributed by atoms with E-state index in [-0.39, 0.29) is 5.41 Å². The molecule has 0 saturated carbocycles. The van der Waals surface area contributed by atoms with Crippen molar-refractivity contribution >= 4 is 6.09 Å². The summed E-state index contributed by atoms with van der Waals surface area (Å²) in [5, 5.41) is 0. The minimum atomic E-state index is -0.595. The van der Waals surface area contributed by atoms with Crippen LogP contribution in [-0.4, -0.2) is 32.0 Å². The van der Waals surface area contributed by atoms with Crippen LogP contribution in [0, 0.1) is 5.41 Å². The number of carbonyl (C=O) groups is 1. The lowest BCUT2D eigenvalue weighted by Crippen LogP contribution is -2.36. The Hall–Kier alpha value is -0.850. The second-order valence-electron chi connectivity index (χ2n) is 5.55. The molecule has 0 bridgehead atoms. The predicted molar refractivity (Wildman–Crippen MR) is 64.1 cm³/mol. The monoisotopic (exact) mass is 248 g/mol. The standard InChI is InChI=1S/C11H24N2O4/c1-10(2,3)17-9(14)13-16-8-11(4,5)7-15-12-6/h12H,7-8H2,1-6H3,(H,13,14). The largest absolute Gasteiger partial charge is 0.442 e. The molecular formula is C11H24N2O4. The number of hydrogen-bond acceptors (Lipinski definition) is 5. The fourth-order valence-electron chi connectivity index (χ4n) is 0.899. The smallest absolute Gasteiger partial charge is 0.431 e. The zero-order chi connectivity index (χ0) is 13.5. The average Bonchev–Trinajstić information content (AvgIpc) is 2.11. The number of hydroxylamine groups is 2. The van der Waals surface area contributed by atoms with Gasteiger partial charge in [-0.15, -0.1) is 0 Å². The second kappa shape index (κ2) is 6.78. The number of carbonyl (C=O) groups excluding carboxylic acids is 1. The Morgan fingerprint density at radius 1 is 1.06 bits per heavy atom. The molecule has 17 heavy (non-hydrogen) atoms. The molecule has 0 aliphatic heterocycles. The molecule has 6 heteroatoms. The van der Waals surface area contributed by atoms with Gasteiger partial charge in [-0.05, 0) is 20.8 Å². The highest BCUT2D eigenvalue weighted by atomic mass is 16.7. The molecule has 0 unspecified atom stereocenters. The van der Waals surface area contributed by atoms with Gasteiger partial charge in [0.1, 0.15) is 5.60 Å². The van der Waals surface area contributed by atoms with Crippen LogP contribution in [0.4, 0.5) is 4.79 Å². The van der Waals surface area contributed by atoms with Gasteiger partial charge in [-0.3, -0.25) is 4.84 Å². The van der Waals surface area contributed by atoms with Crippen molar-refractivity contribution in [3.8, 4) is 0 Å². The molecule has 0 aliphatic carbocycles. The molecule has 0 heterocycles. The number of amides is 1. The number of nitrogens with one attached hydrogen (secondary N) is 2. The van der Waals surface area contributed by atoms with Gasteiger partial charge in [-0.1, -0.05) is 13.8 Å². The zero-order valence-electron chi connectivity index (χ0n) is 11.5. The summed E-state index contributed by atoms with van der Waals surface area (Å²) in [5.41, 5.74) is 4.08. The third-order valence-corrected chi connectivity index (χ3v) is 1.62. The molecule has 0 fully saturated rings. The lowest BCUT2D eigenvalue weighted by molar-refractivity contribution is -0.0661. The number of hydrogen-bond donors (Lipinski definition) is 2. The summed E-state index contributed by atoms with van der Waals surface area (Å²) >= 11 is 0. The minimum absolute atomic E-state index is 0.210. The Bertz CT molecular complexity index is 236. The summed E-state index contributed by atoms with van der Waals surface area (Å²) in [7, 11) is 1.69. The SMILES string of the molecule is CNOCC(C)(C)CONC(=O)OC(C)(C)C. The van der Waals surface area contributed by atoms with Crippen LogP contribution in [0.3, 0.4) is 0 Å². The first kappa shape index (κ1) is 16.1. The Balaban J connectivity index is 3.79. The van der Waals surface area contributed by atoms with Crippen LogP contribution in [0.25, 0.3) is 0 Å². The van der Waals surface area contributed by atoms with E-state index in [1.807, 2.05) is 13.8 Å². The van der Waals surface area contributed by atoms with Crippen molar-refractivity contribution in [3.63, 3.8) is 0 Å². The first-order valence-electron chi connectivity index (χ1n) is 5.56. The molecular weight excluding hydrogens is 224 g/mol. The van der Waals surface area contributed by atoms with E-state index in [0.717, 1.165) is 0 Å². The molecule has 2 N–H and O–H groups in total. The van der Waals surface area contributed by atoms with Crippen LogP contribution in [0.15, 0.2) is 0 Å². The Morgan fingerprint density at radius 2 is 1.59 bits per heavy atom. The maximum absolute atomic E-state index is 11.3. The minimum Gasteiger partial charge on any atom is -0.442 e. The molecule has 0 saturated heterocycles. The molecule has 0 spiro atoms. The van der Waals surface area contributed by atoms with E-state index < -0.39 is 11.7 Å². The van der Waals surface area contributed by atoms with Gasteiger partial charge in [0.2, 0.25) is 0 Å². The topological polar surface area (TPSA) is 68.8 Å². The van der Waals surface area contributed by atoms with Crippen LogP contribution in [0.2, 0.25) is 0 Å². The highest BCUT2D eigenvalue weighted by Crippen LogP contribution is 2.14. The lowest BCUT2D eigenvalue weighted by Gasteiger charge is -2.24. The number of ether oxygens (including phenoxy) is 1. The van der Waals surface area contributed by atoms with Gasteiger partial charge < -0.3 is 9.57 Å². The van der Waals surface area contributed by atoms with Gasteiger partial charge in [0.15, 0.2) is 0 Å². The summed E-state index contributed by atoms with van der Waals surface area (Å²) < 4.78 is 5.01. The first-order valence-corrected chi connectivity index (χ1v) is 5.56. The molecule has 0 rings (SSSR count). The molecule has 1 amide bonds. The maximum Gasteiger partial charge on any atom is 0.431 e. The van der Waals surface area contributed by atoms with E-state index in [0.29, 0.717) is 13.2 Å². The molecule has 6 nitrogen and oxygen atoms in total. The fraction of sp³-hybridized carbons (Fsp3) is 0.909. The van der Waals surface area contributed by atoms with E-state index in [4.69, 9.17) is 14.4 Å². The Labute approximate surface area is 103 Å². The quantitative estimate of drug-likeness (QED) is 0.699. The molecule has 0 aromatic carbocycles. The second-order valence-corrected chi connectivity index (χ2v) is 5.55.